The molecule has 0 aliphatic rings. The number of carbonyl (C=O) groups is 1. The number of hydrogen-bond donors (Lipinski definition) is 1. The van der Waals surface area contributed by atoms with E-state index in [1.165, 1.54) is 6.08 Å². The van der Waals surface area contributed by atoms with Gasteiger partial charge < -0.3 is 5.11 Å². The van der Waals surface area contributed by atoms with Crippen LogP contribution in [-0.4, -0.2) is 11.1 Å². The van der Waals surface area contributed by atoms with Gasteiger partial charge in [0.25, 0.3) is 0 Å². The molecule has 0 saturated heterocycles. The number of aliphatic carboxylic acids is 1. The fourth-order valence-corrected chi connectivity index (χ4v) is 2.42. The molecule has 20 heavy (non-hydrogen) atoms. The second-order valence-electron chi connectivity index (χ2n) is 4.37. The fraction of sp³-hybridized carbons (Fsp3) is 0.0625. The Labute approximate surface area is 127 Å². The van der Waals surface area contributed by atoms with Crippen LogP contribution < -0.4 is 0 Å². The Morgan fingerprint density at radius 3 is 2.30 bits per heavy atom. The maximum Gasteiger partial charge on any atom is 0.328 e. The standard InChI is InChI=1S/C16H12Cl2O2/c1-10(8-16(19)20)11-2-4-12(5-3-11)14-7-6-13(17)9-15(14)18/h2-9H,1H3,(H,19,20)/b10-8-. The molecule has 0 spiro atoms. The highest BCUT2D eigenvalue weighted by Gasteiger charge is 2.05. The zero-order chi connectivity index (χ0) is 14.7. The number of carboxylic acid groups (broad SMARTS) is 1. The van der Waals surface area contributed by atoms with Gasteiger partial charge in [-0.2, -0.15) is 0 Å². The van der Waals surface area contributed by atoms with E-state index < -0.39 is 5.97 Å². The second-order valence-corrected chi connectivity index (χ2v) is 5.21. The van der Waals surface area contributed by atoms with E-state index in [0.717, 1.165) is 16.7 Å². The highest BCUT2D eigenvalue weighted by atomic mass is 35.5. The highest BCUT2D eigenvalue weighted by Crippen LogP contribution is 2.31. The number of rotatable bonds is 3. The Balaban J connectivity index is 2.35. The molecule has 2 rings (SSSR count). The van der Waals surface area contributed by atoms with Crippen LogP contribution in [0.15, 0.2) is 48.5 Å². The summed E-state index contributed by atoms with van der Waals surface area (Å²) in [6, 6.07) is 12.9. The van der Waals surface area contributed by atoms with Gasteiger partial charge in [-0.3, -0.25) is 0 Å². The third-order valence-corrected chi connectivity index (χ3v) is 3.47. The van der Waals surface area contributed by atoms with Crippen molar-refractivity contribution >= 4 is 34.7 Å². The topological polar surface area (TPSA) is 37.3 Å². The highest BCUT2D eigenvalue weighted by molar-refractivity contribution is 6.36. The first-order chi connectivity index (χ1) is 9.47. The zero-order valence-electron chi connectivity index (χ0n) is 10.7. The van der Waals surface area contributed by atoms with E-state index in [2.05, 4.69) is 0 Å². The summed E-state index contributed by atoms with van der Waals surface area (Å²) in [6.45, 7) is 1.76. The van der Waals surface area contributed by atoms with Gasteiger partial charge in [0.2, 0.25) is 0 Å². The molecule has 0 heterocycles. The first kappa shape index (κ1) is 14.6. The molecule has 0 fully saturated rings. The molecule has 0 bridgehead atoms. The molecule has 0 saturated carbocycles. The summed E-state index contributed by atoms with van der Waals surface area (Å²) < 4.78 is 0. The number of hydrogen-bond acceptors (Lipinski definition) is 1. The maximum atomic E-state index is 10.6. The van der Waals surface area contributed by atoms with Gasteiger partial charge >= 0.3 is 5.97 Å². The van der Waals surface area contributed by atoms with Gasteiger partial charge in [-0.25, -0.2) is 4.79 Å². The summed E-state index contributed by atoms with van der Waals surface area (Å²) >= 11 is 12.0. The Morgan fingerprint density at radius 2 is 1.75 bits per heavy atom. The van der Waals surface area contributed by atoms with Crippen LogP contribution in [0.2, 0.25) is 10.0 Å². The molecule has 0 aromatic heterocycles. The molecule has 0 aliphatic heterocycles. The molecular formula is C16H12Cl2O2. The largest absolute Gasteiger partial charge is 0.478 e. The summed E-state index contributed by atoms with van der Waals surface area (Å²) in [4.78, 5) is 10.6. The van der Waals surface area contributed by atoms with Crippen molar-refractivity contribution in [2.45, 2.75) is 6.92 Å². The third kappa shape index (κ3) is 3.41. The van der Waals surface area contributed by atoms with E-state index in [1.54, 1.807) is 19.1 Å². The number of halogens is 2. The summed E-state index contributed by atoms with van der Waals surface area (Å²) in [6.07, 6.45) is 1.18. The summed E-state index contributed by atoms with van der Waals surface area (Å²) in [5, 5.41) is 9.91. The van der Waals surface area contributed by atoms with Gasteiger partial charge in [-0.05, 0) is 35.8 Å². The molecule has 0 atom stereocenters. The molecule has 1 N–H and O–H groups in total. The van der Waals surface area contributed by atoms with Gasteiger partial charge in [0.15, 0.2) is 0 Å². The van der Waals surface area contributed by atoms with Crippen molar-refractivity contribution in [2.24, 2.45) is 0 Å². The van der Waals surface area contributed by atoms with E-state index in [0.29, 0.717) is 15.6 Å². The van der Waals surface area contributed by atoms with Crippen LogP contribution in [0.4, 0.5) is 0 Å². The Kier molecular flexibility index (Phi) is 4.48. The Morgan fingerprint density at radius 1 is 1.10 bits per heavy atom. The van der Waals surface area contributed by atoms with Crippen molar-refractivity contribution < 1.29 is 9.90 Å². The summed E-state index contributed by atoms with van der Waals surface area (Å²) in [5.41, 5.74) is 3.41. The fourth-order valence-electron chi connectivity index (χ4n) is 1.90. The first-order valence-electron chi connectivity index (χ1n) is 5.94. The SMILES string of the molecule is C/C(=C/C(=O)O)c1ccc(-c2ccc(Cl)cc2Cl)cc1. The van der Waals surface area contributed by atoms with Crippen molar-refractivity contribution in [3.8, 4) is 11.1 Å². The van der Waals surface area contributed by atoms with Crippen molar-refractivity contribution in [1.82, 2.24) is 0 Å². The lowest BCUT2D eigenvalue weighted by molar-refractivity contribution is -0.131. The predicted octanol–water partition coefficient (Wildman–Crippen LogP) is 5.15. The van der Waals surface area contributed by atoms with Crippen molar-refractivity contribution in [2.75, 3.05) is 0 Å². The summed E-state index contributed by atoms with van der Waals surface area (Å²) in [7, 11) is 0. The number of allylic oxidation sites excluding steroid dienone is 1. The van der Waals surface area contributed by atoms with Gasteiger partial charge in [-0.15, -0.1) is 0 Å². The normalized spacial score (nSPS) is 11.4. The first-order valence-corrected chi connectivity index (χ1v) is 6.70. The van der Waals surface area contributed by atoms with E-state index >= 15 is 0 Å². The van der Waals surface area contributed by atoms with Crippen LogP contribution in [-0.2, 0) is 4.79 Å². The van der Waals surface area contributed by atoms with E-state index in [1.807, 2.05) is 30.3 Å². The molecule has 2 nitrogen and oxygen atoms in total. The monoisotopic (exact) mass is 306 g/mol. The molecule has 0 amide bonds. The van der Waals surface area contributed by atoms with E-state index in [-0.39, 0.29) is 0 Å². The maximum absolute atomic E-state index is 10.6. The van der Waals surface area contributed by atoms with E-state index in [4.69, 9.17) is 28.3 Å². The van der Waals surface area contributed by atoms with Gasteiger partial charge in [-0.1, -0.05) is 53.5 Å². The van der Waals surface area contributed by atoms with Crippen molar-refractivity contribution in [3.05, 3.63) is 64.1 Å². The van der Waals surface area contributed by atoms with Crippen LogP contribution in [0, 0.1) is 0 Å². The molecule has 2 aromatic rings. The van der Waals surface area contributed by atoms with Crippen molar-refractivity contribution in [1.29, 1.82) is 0 Å². The third-order valence-electron chi connectivity index (χ3n) is 2.92. The second kappa shape index (κ2) is 6.12. The van der Waals surface area contributed by atoms with Crippen LogP contribution in [0.5, 0.6) is 0 Å². The van der Waals surface area contributed by atoms with Crippen LogP contribution in [0.3, 0.4) is 0 Å². The minimum atomic E-state index is -0.952. The minimum absolute atomic E-state index is 0.586. The average Bonchev–Trinajstić information content (AvgIpc) is 2.38. The van der Waals surface area contributed by atoms with Crippen LogP contribution >= 0.6 is 23.2 Å². The molecule has 2 aromatic carbocycles. The average molecular weight is 307 g/mol. The molecule has 0 radical (unpaired) electrons. The molecular weight excluding hydrogens is 295 g/mol. The number of benzene rings is 2. The van der Waals surface area contributed by atoms with Gasteiger partial charge in [0.05, 0.1) is 0 Å². The lowest BCUT2D eigenvalue weighted by Gasteiger charge is -2.07. The van der Waals surface area contributed by atoms with Gasteiger partial charge in [0, 0.05) is 21.7 Å². The minimum Gasteiger partial charge on any atom is -0.478 e. The lowest BCUT2D eigenvalue weighted by atomic mass is 10.0. The zero-order valence-corrected chi connectivity index (χ0v) is 12.2. The lowest BCUT2D eigenvalue weighted by Crippen LogP contribution is -1.90. The Hall–Kier alpha value is -1.77. The smallest absolute Gasteiger partial charge is 0.328 e. The summed E-state index contributed by atoms with van der Waals surface area (Å²) in [5.74, 6) is -0.952. The molecule has 4 heteroatoms. The quantitative estimate of drug-likeness (QED) is 0.796. The van der Waals surface area contributed by atoms with E-state index in [9.17, 15) is 4.79 Å². The molecule has 0 aliphatic carbocycles. The Bertz CT molecular complexity index is 673. The molecule has 0 unspecified atom stereocenters. The van der Waals surface area contributed by atoms with Crippen LogP contribution in [0.1, 0.15) is 12.5 Å². The molecule has 102 valence electrons. The number of carboxylic acids is 1. The van der Waals surface area contributed by atoms with Crippen LogP contribution in [0.25, 0.3) is 16.7 Å². The van der Waals surface area contributed by atoms with Crippen molar-refractivity contribution in [3.63, 3.8) is 0 Å². The van der Waals surface area contributed by atoms with Gasteiger partial charge in [0.1, 0.15) is 0 Å². The predicted molar refractivity (Wildman–Crippen MR) is 83.2 cm³/mol.